The fraction of sp³-hybridized carbons (Fsp3) is 0.524. The van der Waals surface area contributed by atoms with Gasteiger partial charge in [0.15, 0.2) is 0 Å². The topological polar surface area (TPSA) is 36.9 Å². The fourth-order valence-corrected chi connectivity index (χ4v) is 21.5. The Hall–Kier alpha value is -8.60. The molecule has 0 N–H and O–H groups in total. The van der Waals surface area contributed by atoms with Crippen LogP contribution >= 0.6 is 0 Å². The summed E-state index contributed by atoms with van der Waals surface area (Å²) >= 11 is 0. The van der Waals surface area contributed by atoms with E-state index in [0.29, 0.717) is 23.7 Å². The molecule has 0 saturated heterocycles. The van der Waals surface area contributed by atoms with Crippen LogP contribution in [0.2, 0.25) is 0 Å². The van der Waals surface area contributed by atoms with Crippen LogP contribution in [0.25, 0.3) is 55.6 Å². The van der Waals surface area contributed by atoms with Crippen molar-refractivity contribution in [2.24, 2.45) is 23.7 Å². The molecule has 4 nitrogen and oxygen atoms in total. The monoisotopic (exact) mass is 1750 g/mol. The average molecular weight is 1750 g/mol. The molecule has 0 amide bonds. The van der Waals surface area contributed by atoms with Crippen molar-refractivity contribution in [3.63, 3.8) is 0 Å². The van der Waals surface area contributed by atoms with Crippen molar-refractivity contribution < 1.29 is 18.9 Å². The Morgan fingerprint density at radius 2 is 0.400 bits per heavy atom. The summed E-state index contributed by atoms with van der Waals surface area (Å²) in [5.41, 5.74) is 31.0. The molecule has 4 unspecified atom stereocenters. The van der Waals surface area contributed by atoms with Gasteiger partial charge < -0.3 is 18.9 Å². The maximum atomic E-state index is 6.44. The van der Waals surface area contributed by atoms with Gasteiger partial charge in [-0.3, -0.25) is 0 Å². The van der Waals surface area contributed by atoms with Crippen LogP contribution in [0.15, 0.2) is 206 Å². The van der Waals surface area contributed by atoms with Gasteiger partial charge in [-0.1, -0.05) is 396 Å². The lowest BCUT2D eigenvalue weighted by atomic mass is 9.69. The first-order valence-corrected chi connectivity index (χ1v) is 53.5. The smallest absolute Gasteiger partial charge is 0.119 e. The highest BCUT2D eigenvalue weighted by Crippen LogP contribution is 2.59. The van der Waals surface area contributed by atoms with Gasteiger partial charge >= 0.3 is 0 Å². The predicted molar refractivity (Wildman–Crippen MR) is 561 cm³/mol. The molecule has 4 atom stereocenters. The molecule has 130 heavy (non-hydrogen) atoms. The number of hydrogen-bond acceptors (Lipinski definition) is 4. The molecule has 0 aromatic heterocycles. The second-order valence-corrected chi connectivity index (χ2v) is 40.0. The normalized spacial score (nSPS) is 13.8. The minimum atomic E-state index is -0.119. The third-order valence-corrected chi connectivity index (χ3v) is 30.3. The first kappa shape index (κ1) is 100. The van der Waals surface area contributed by atoms with Gasteiger partial charge in [-0.15, -0.1) is 0 Å². The molecule has 2 aliphatic rings. The molecule has 698 valence electrons. The van der Waals surface area contributed by atoms with Crippen LogP contribution in [0.4, 0.5) is 0 Å². The van der Waals surface area contributed by atoms with E-state index in [0.717, 1.165) is 152 Å². The van der Waals surface area contributed by atoms with Gasteiger partial charge in [0.2, 0.25) is 0 Å². The maximum absolute atomic E-state index is 6.44. The van der Waals surface area contributed by atoms with E-state index in [-0.39, 0.29) is 10.8 Å². The second kappa shape index (κ2) is 53.3. The number of benzene rings is 10. The van der Waals surface area contributed by atoms with E-state index >= 15 is 0 Å². The molecular formula is C126H170O4. The zero-order valence-corrected chi connectivity index (χ0v) is 83.5. The Kier molecular flexibility index (Phi) is 41.2. The molecule has 2 aliphatic carbocycles. The van der Waals surface area contributed by atoms with E-state index in [1.165, 1.54) is 280 Å². The van der Waals surface area contributed by atoms with Gasteiger partial charge in [0.25, 0.3) is 0 Å². The highest BCUT2D eigenvalue weighted by atomic mass is 16.5. The quantitative estimate of drug-likeness (QED) is 0.0356. The Labute approximate surface area is 791 Å². The van der Waals surface area contributed by atoms with Crippen LogP contribution in [-0.2, 0) is 62.2 Å². The van der Waals surface area contributed by atoms with Crippen LogP contribution in [-0.4, -0.2) is 26.4 Å². The van der Waals surface area contributed by atoms with E-state index in [1.807, 2.05) is 0 Å². The Bertz CT molecular complexity index is 4430. The third kappa shape index (κ3) is 28.3. The number of ether oxygens (including phenoxy) is 4. The predicted octanol–water partition coefficient (Wildman–Crippen LogP) is 36.6. The number of unbranched alkanes of at least 4 members (excludes halogenated alkanes) is 16. The number of hydrogen-bond donors (Lipinski definition) is 0. The SMILES string of the molecule is CCCCCCC1(CCCCCC)c2cc(-c3cc(CCc4ccc(OCC(CC)CCCC)cc4)cc(CCc4ccc(OCC(CC)CCCC)cc4)c3)ccc2-c2ccc(-c3ccc4c(c3)C(CCCCCC)(CCCCCC)c3cc(-c5cc(CCc6ccc(OCC(CC)CCCC)cc6)cc(CCc6ccc(OCC(CC)CCCC)cc6)c5)ccc3-4)cc21. The van der Waals surface area contributed by atoms with Crippen LogP contribution in [0.3, 0.4) is 0 Å². The van der Waals surface area contributed by atoms with Crippen molar-refractivity contribution in [1.29, 1.82) is 0 Å². The number of fused-ring (bicyclic) bond motifs is 6. The molecule has 0 radical (unpaired) electrons. The van der Waals surface area contributed by atoms with E-state index < -0.39 is 0 Å². The Morgan fingerprint density at radius 1 is 0.192 bits per heavy atom. The molecule has 4 heteroatoms. The van der Waals surface area contributed by atoms with E-state index in [2.05, 4.69) is 289 Å². The van der Waals surface area contributed by atoms with Crippen LogP contribution in [0.1, 0.15) is 381 Å². The summed E-state index contributed by atoms with van der Waals surface area (Å²) < 4.78 is 25.8. The van der Waals surface area contributed by atoms with Crippen molar-refractivity contribution in [2.45, 2.75) is 376 Å². The van der Waals surface area contributed by atoms with Crippen molar-refractivity contribution in [3.05, 3.63) is 273 Å². The Balaban J connectivity index is 0.894. The molecule has 0 saturated carbocycles. The number of aryl methyl sites for hydroxylation is 8. The molecule has 0 fully saturated rings. The van der Waals surface area contributed by atoms with Gasteiger partial charge in [-0.2, -0.15) is 0 Å². The van der Waals surface area contributed by atoms with Crippen LogP contribution in [0.5, 0.6) is 23.0 Å². The molecule has 0 heterocycles. The minimum absolute atomic E-state index is 0.119. The van der Waals surface area contributed by atoms with Gasteiger partial charge in [0, 0.05) is 10.8 Å². The lowest BCUT2D eigenvalue weighted by Gasteiger charge is -2.34. The summed E-state index contributed by atoms with van der Waals surface area (Å²) in [5, 5.41) is 0. The first-order valence-electron chi connectivity index (χ1n) is 53.5. The zero-order valence-electron chi connectivity index (χ0n) is 83.5. The van der Waals surface area contributed by atoms with Gasteiger partial charge in [-0.25, -0.2) is 0 Å². The summed E-state index contributed by atoms with van der Waals surface area (Å²) in [7, 11) is 0. The van der Waals surface area contributed by atoms with Crippen molar-refractivity contribution in [1.82, 2.24) is 0 Å². The average Bonchev–Trinajstić information content (AvgIpc) is 1.56. The lowest BCUT2D eigenvalue weighted by Crippen LogP contribution is -2.26. The second-order valence-electron chi connectivity index (χ2n) is 40.0. The standard InChI is InChI=1S/C126H170O4/c1-13-25-33-37-77-125(78-38-34-26-14-2)121-87-107(61-73-117(121)119-75-63-109(89-123(119)125)111-83-103(49-45-99-53-65-113(66-54-99)127-91-95(21-9)41-29-17-5)81-104(84-111)50-46-100-55-67-114(68-56-100)128-92-96(22-10)42-30-18-6)108-62-74-118-120-76-64-110(90-124(120)126(122(118)88-108,79-39-35-27-15-3)80-40-36-28-16-4)112-85-105(51-47-101-57-69-115(70-58-101)129-93-97(23-11)43-31-19-7)82-106(86-112)52-48-102-59-71-116(72-60-102)130-94-98(24-12)44-32-20-8/h53-76,81-90,95-98H,13-52,77-80,91-94H2,1-12H3. The van der Waals surface area contributed by atoms with Crippen LogP contribution < -0.4 is 18.9 Å². The van der Waals surface area contributed by atoms with Crippen LogP contribution in [0, 0.1) is 23.7 Å². The molecule has 10 aromatic rings. The highest BCUT2D eigenvalue weighted by Gasteiger charge is 2.45. The van der Waals surface area contributed by atoms with Crippen molar-refractivity contribution >= 4 is 0 Å². The van der Waals surface area contributed by atoms with Gasteiger partial charge in [-0.05, 0) is 322 Å². The van der Waals surface area contributed by atoms with E-state index in [1.54, 1.807) is 22.3 Å². The summed E-state index contributed by atoms with van der Waals surface area (Å²) in [6.45, 7) is 31.1. The van der Waals surface area contributed by atoms with E-state index in [9.17, 15) is 0 Å². The van der Waals surface area contributed by atoms with Gasteiger partial charge in [0.05, 0.1) is 26.4 Å². The highest BCUT2D eigenvalue weighted by molar-refractivity contribution is 5.89. The summed E-state index contributed by atoms with van der Waals surface area (Å²) in [6.07, 6.45) is 52.0. The molecular weight excluding hydrogens is 1580 g/mol. The third-order valence-electron chi connectivity index (χ3n) is 30.3. The fourth-order valence-electron chi connectivity index (χ4n) is 21.5. The summed E-state index contributed by atoms with van der Waals surface area (Å²) in [4.78, 5) is 0. The van der Waals surface area contributed by atoms with Crippen molar-refractivity contribution in [2.75, 3.05) is 26.4 Å². The maximum Gasteiger partial charge on any atom is 0.119 e. The van der Waals surface area contributed by atoms with E-state index in [4.69, 9.17) is 18.9 Å². The molecule has 0 bridgehead atoms. The summed E-state index contributed by atoms with van der Waals surface area (Å²) in [5.74, 6) is 6.38. The zero-order chi connectivity index (χ0) is 91.1. The van der Waals surface area contributed by atoms with Gasteiger partial charge in [0.1, 0.15) is 23.0 Å². The number of rotatable bonds is 63. The lowest BCUT2D eigenvalue weighted by molar-refractivity contribution is 0.233. The molecule has 0 spiro atoms. The minimum Gasteiger partial charge on any atom is -0.493 e. The molecule has 0 aliphatic heterocycles. The molecule has 10 aromatic carbocycles. The van der Waals surface area contributed by atoms with Crippen molar-refractivity contribution in [3.8, 4) is 78.6 Å². The Morgan fingerprint density at radius 3 is 0.608 bits per heavy atom. The first-order chi connectivity index (χ1) is 63.8. The molecule has 12 rings (SSSR count). The summed E-state index contributed by atoms with van der Waals surface area (Å²) in [6, 6.07) is 82.8. The largest absolute Gasteiger partial charge is 0.493 e.